The Morgan fingerprint density at radius 2 is 2.11 bits per heavy atom. The van der Waals surface area contributed by atoms with E-state index in [1.54, 1.807) is 0 Å². The molecule has 0 radical (unpaired) electrons. The second-order valence-electron chi connectivity index (χ2n) is 6.24. The lowest BCUT2D eigenvalue weighted by atomic mass is 9.86. The minimum absolute atomic E-state index is 0.454. The highest BCUT2D eigenvalue weighted by molar-refractivity contribution is 6.29. The SMILES string of the molecule is Clc1cc(N2CC3OC[C@H]32)cc(N2CC3CC2C3)n1. The van der Waals surface area contributed by atoms with Crippen molar-refractivity contribution < 1.29 is 4.74 Å². The lowest BCUT2D eigenvalue weighted by Crippen LogP contribution is -2.70. The van der Waals surface area contributed by atoms with Gasteiger partial charge in [0.05, 0.1) is 18.8 Å². The van der Waals surface area contributed by atoms with Gasteiger partial charge in [0.1, 0.15) is 11.0 Å². The maximum Gasteiger partial charge on any atom is 0.133 e. The van der Waals surface area contributed by atoms with Crippen LogP contribution >= 0.6 is 11.6 Å². The summed E-state index contributed by atoms with van der Waals surface area (Å²) in [6, 6.07) is 5.47. The van der Waals surface area contributed by atoms with Crippen molar-refractivity contribution in [2.75, 3.05) is 29.5 Å². The molecule has 2 atom stereocenters. The number of anilines is 2. The number of nitrogens with zero attached hydrogens (tertiary/aromatic N) is 3. The van der Waals surface area contributed by atoms with Gasteiger partial charge in [0.25, 0.3) is 0 Å². The first-order valence-corrected chi connectivity index (χ1v) is 7.48. The van der Waals surface area contributed by atoms with Crippen LogP contribution in [-0.2, 0) is 4.74 Å². The molecular formula is C14H16ClN3O. The third-order valence-electron chi connectivity index (χ3n) is 5.18. The minimum Gasteiger partial charge on any atom is -0.372 e. The normalized spacial score (nSPS) is 38.4. The smallest absolute Gasteiger partial charge is 0.133 e. The topological polar surface area (TPSA) is 28.6 Å². The molecule has 4 saturated heterocycles. The summed E-state index contributed by atoms with van der Waals surface area (Å²) in [6.07, 6.45) is 3.13. The van der Waals surface area contributed by atoms with E-state index in [0.29, 0.717) is 23.3 Å². The van der Waals surface area contributed by atoms with Crippen LogP contribution in [0.2, 0.25) is 5.15 Å². The van der Waals surface area contributed by atoms with Crippen molar-refractivity contribution in [3.8, 4) is 0 Å². The highest BCUT2D eigenvalue weighted by Gasteiger charge is 2.48. The van der Waals surface area contributed by atoms with Gasteiger partial charge in [0.15, 0.2) is 0 Å². The van der Waals surface area contributed by atoms with Gasteiger partial charge < -0.3 is 14.5 Å². The van der Waals surface area contributed by atoms with Crippen LogP contribution < -0.4 is 9.80 Å². The summed E-state index contributed by atoms with van der Waals surface area (Å²) in [5.74, 6) is 1.96. The molecule has 1 aromatic rings. The fourth-order valence-electron chi connectivity index (χ4n) is 3.87. The van der Waals surface area contributed by atoms with Crippen LogP contribution in [0.1, 0.15) is 12.8 Å². The molecule has 6 rings (SSSR count). The van der Waals surface area contributed by atoms with Crippen LogP contribution in [0, 0.1) is 5.92 Å². The maximum atomic E-state index is 6.22. The van der Waals surface area contributed by atoms with Crippen molar-refractivity contribution in [1.29, 1.82) is 0 Å². The van der Waals surface area contributed by atoms with E-state index >= 15 is 0 Å². The van der Waals surface area contributed by atoms with E-state index in [-0.39, 0.29) is 0 Å². The number of hydrogen-bond acceptors (Lipinski definition) is 4. The zero-order valence-corrected chi connectivity index (χ0v) is 11.4. The number of rotatable bonds is 2. The Balaban J connectivity index is 1.47. The minimum atomic E-state index is 0.454. The third-order valence-corrected chi connectivity index (χ3v) is 5.38. The highest BCUT2D eigenvalue weighted by atomic mass is 35.5. The summed E-state index contributed by atoms with van der Waals surface area (Å²) in [5.41, 5.74) is 1.21. The number of aromatic nitrogens is 1. The molecule has 0 spiro atoms. The molecule has 19 heavy (non-hydrogen) atoms. The van der Waals surface area contributed by atoms with Gasteiger partial charge in [-0.15, -0.1) is 0 Å². The second-order valence-corrected chi connectivity index (χ2v) is 6.63. The summed E-state index contributed by atoms with van der Waals surface area (Å²) in [5, 5.41) is 0.611. The van der Waals surface area contributed by atoms with Crippen molar-refractivity contribution in [3.63, 3.8) is 0 Å². The van der Waals surface area contributed by atoms with Gasteiger partial charge in [-0.2, -0.15) is 0 Å². The fraction of sp³-hybridized carbons (Fsp3) is 0.643. The molecule has 100 valence electrons. The van der Waals surface area contributed by atoms with E-state index < -0.39 is 0 Å². The van der Waals surface area contributed by atoms with E-state index in [1.165, 1.54) is 18.5 Å². The van der Waals surface area contributed by atoms with Gasteiger partial charge >= 0.3 is 0 Å². The van der Waals surface area contributed by atoms with E-state index in [1.807, 2.05) is 6.07 Å². The van der Waals surface area contributed by atoms with Crippen LogP contribution in [0.3, 0.4) is 0 Å². The van der Waals surface area contributed by atoms with Crippen molar-refractivity contribution in [2.24, 2.45) is 5.92 Å². The Hall–Kier alpha value is -1.00. The van der Waals surface area contributed by atoms with Crippen LogP contribution in [0.5, 0.6) is 0 Å². The number of halogens is 1. The average molecular weight is 278 g/mol. The maximum absolute atomic E-state index is 6.22. The van der Waals surface area contributed by atoms with E-state index in [9.17, 15) is 0 Å². The largest absolute Gasteiger partial charge is 0.372 e. The predicted octanol–water partition coefficient (Wildman–Crippen LogP) is 1.92. The summed E-state index contributed by atoms with van der Waals surface area (Å²) in [6.45, 7) is 3.01. The molecule has 0 N–H and O–H groups in total. The molecule has 0 amide bonds. The van der Waals surface area contributed by atoms with Gasteiger partial charge in [-0.25, -0.2) is 4.98 Å². The lowest BCUT2D eigenvalue weighted by molar-refractivity contribution is -0.113. The number of fused-ring (bicyclic) bond motifs is 2. The first-order chi connectivity index (χ1) is 9.28. The predicted molar refractivity (Wildman–Crippen MR) is 74.0 cm³/mol. The molecule has 5 fully saturated rings. The molecule has 0 aromatic carbocycles. The molecule has 1 aliphatic carbocycles. The lowest BCUT2D eigenvalue weighted by Gasteiger charge is -2.56. The molecule has 1 unspecified atom stereocenters. The zero-order valence-electron chi connectivity index (χ0n) is 10.6. The molecule has 5 aliphatic rings. The fourth-order valence-corrected chi connectivity index (χ4v) is 4.06. The Labute approximate surface area is 117 Å². The molecule has 2 bridgehead atoms. The van der Waals surface area contributed by atoms with Crippen molar-refractivity contribution in [2.45, 2.75) is 31.0 Å². The van der Waals surface area contributed by atoms with Crippen molar-refractivity contribution in [3.05, 3.63) is 17.3 Å². The van der Waals surface area contributed by atoms with Gasteiger partial charge in [-0.1, -0.05) is 11.6 Å². The van der Waals surface area contributed by atoms with E-state index in [0.717, 1.165) is 31.4 Å². The third kappa shape index (κ3) is 1.41. The Bertz CT molecular complexity index is 545. The first-order valence-electron chi connectivity index (χ1n) is 7.10. The molecular weight excluding hydrogens is 262 g/mol. The second kappa shape index (κ2) is 3.55. The molecule has 4 nitrogen and oxygen atoms in total. The zero-order chi connectivity index (χ0) is 12.6. The Morgan fingerprint density at radius 3 is 2.68 bits per heavy atom. The number of ether oxygens (including phenoxy) is 1. The van der Waals surface area contributed by atoms with E-state index in [4.69, 9.17) is 16.3 Å². The first kappa shape index (κ1) is 10.7. The average Bonchev–Trinajstić information content (AvgIpc) is 2.91. The Morgan fingerprint density at radius 1 is 1.21 bits per heavy atom. The van der Waals surface area contributed by atoms with Crippen LogP contribution in [0.25, 0.3) is 0 Å². The number of hydrogen-bond donors (Lipinski definition) is 0. The molecule has 1 saturated carbocycles. The van der Waals surface area contributed by atoms with Gasteiger partial charge in [-0.05, 0) is 24.8 Å². The molecule has 4 aliphatic heterocycles. The van der Waals surface area contributed by atoms with Gasteiger partial charge in [0.2, 0.25) is 0 Å². The van der Waals surface area contributed by atoms with Crippen LogP contribution in [-0.4, -0.2) is 42.9 Å². The van der Waals surface area contributed by atoms with Crippen molar-refractivity contribution in [1.82, 2.24) is 4.98 Å². The van der Waals surface area contributed by atoms with E-state index in [2.05, 4.69) is 20.9 Å². The van der Waals surface area contributed by atoms with Crippen molar-refractivity contribution >= 4 is 23.1 Å². The van der Waals surface area contributed by atoms with Crippen LogP contribution in [0.15, 0.2) is 12.1 Å². The quantitative estimate of drug-likeness (QED) is 0.773. The number of pyridine rings is 1. The highest BCUT2D eigenvalue weighted by Crippen LogP contribution is 2.44. The van der Waals surface area contributed by atoms with Crippen LogP contribution in [0.4, 0.5) is 11.5 Å². The summed E-state index contributed by atoms with van der Waals surface area (Å²) >= 11 is 6.22. The standard InChI is InChI=1S/C14H16ClN3O/c15-13-3-10(17-6-12-11(17)7-19-12)4-14(16-13)18-5-8-1-9(18)2-8/h3-4,8-9,11-12H,1-2,5-7H2/t8?,9?,11-,12?/m1/s1. The van der Waals surface area contributed by atoms with Gasteiger partial charge in [-0.3, -0.25) is 0 Å². The summed E-state index contributed by atoms with van der Waals surface area (Å²) in [4.78, 5) is 9.36. The summed E-state index contributed by atoms with van der Waals surface area (Å²) in [7, 11) is 0. The number of morpholine rings is 1. The monoisotopic (exact) mass is 277 g/mol. The molecule has 5 heterocycles. The molecule has 5 heteroatoms. The Kier molecular flexibility index (Phi) is 2.01. The molecule has 1 aromatic heterocycles. The summed E-state index contributed by atoms with van der Waals surface area (Å²) < 4.78 is 5.46. The van der Waals surface area contributed by atoms with Gasteiger partial charge in [0, 0.05) is 30.9 Å².